The second kappa shape index (κ2) is 6.86. The third-order valence-electron chi connectivity index (χ3n) is 3.54. The zero-order valence-electron chi connectivity index (χ0n) is 9.98. The van der Waals surface area contributed by atoms with Crippen LogP contribution in [0.1, 0.15) is 38.5 Å². The number of nitrogens with one attached hydrogen (secondary N) is 1. The first-order valence-corrected chi connectivity index (χ1v) is 6.19. The third-order valence-corrected chi connectivity index (χ3v) is 3.54. The van der Waals surface area contributed by atoms with Gasteiger partial charge in [0, 0.05) is 13.0 Å². The average molecular weight is 229 g/mol. The Bertz CT molecular complexity index is 214. The molecule has 16 heavy (non-hydrogen) atoms. The molecule has 2 unspecified atom stereocenters. The van der Waals surface area contributed by atoms with E-state index in [1.165, 1.54) is 19.3 Å². The van der Waals surface area contributed by atoms with E-state index in [0.717, 1.165) is 12.8 Å². The molecule has 2 atom stereocenters. The summed E-state index contributed by atoms with van der Waals surface area (Å²) >= 11 is 0. The van der Waals surface area contributed by atoms with Gasteiger partial charge in [-0.2, -0.15) is 0 Å². The first-order chi connectivity index (χ1) is 7.69. The second-order valence-electron chi connectivity index (χ2n) is 4.69. The fourth-order valence-corrected chi connectivity index (χ4v) is 2.60. The summed E-state index contributed by atoms with van der Waals surface area (Å²) in [6.45, 7) is -0.264. The van der Waals surface area contributed by atoms with Crippen molar-refractivity contribution in [3.63, 3.8) is 0 Å². The monoisotopic (exact) mass is 229 g/mol. The van der Waals surface area contributed by atoms with E-state index in [1.54, 1.807) is 7.05 Å². The number of aliphatic hydroxyl groups is 2. The Kier molecular flexibility index (Phi) is 5.77. The molecule has 0 heterocycles. The summed E-state index contributed by atoms with van der Waals surface area (Å²) in [4.78, 5) is 11.8. The van der Waals surface area contributed by atoms with E-state index < -0.39 is 6.10 Å². The zero-order chi connectivity index (χ0) is 12.0. The van der Waals surface area contributed by atoms with Crippen LogP contribution in [0.25, 0.3) is 0 Å². The van der Waals surface area contributed by atoms with Crippen molar-refractivity contribution in [1.82, 2.24) is 5.32 Å². The smallest absolute Gasteiger partial charge is 0.223 e. The van der Waals surface area contributed by atoms with E-state index in [1.807, 2.05) is 0 Å². The molecule has 0 bridgehead atoms. The van der Waals surface area contributed by atoms with Crippen LogP contribution in [0.5, 0.6) is 0 Å². The van der Waals surface area contributed by atoms with Gasteiger partial charge in [-0.3, -0.25) is 4.79 Å². The topological polar surface area (TPSA) is 69.6 Å². The lowest BCUT2D eigenvalue weighted by Gasteiger charge is -2.30. The molecule has 4 heteroatoms. The van der Waals surface area contributed by atoms with Gasteiger partial charge in [-0.15, -0.1) is 0 Å². The van der Waals surface area contributed by atoms with E-state index in [0.29, 0.717) is 12.3 Å². The molecule has 0 aromatic rings. The summed E-state index contributed by atoms with van der Waals surface area (Å²) < 4.78 is 0. The number of aliphatic hydroxyl groups excluding tert-OH is 2. The molecule has 1 amide bonds. The van der Waals surface area contributed by atoms with E-state index in [-0.39, 0.29) is 18.4 Å². The van der Waals surface area contributed by atoms with Gasteiger partial charge in [-0.25, -0.2) is 0 Å². The first-order valence-electron chi connectivity index (χ1n) is 6.19. The number of hydrogen-bond acceptors (Lipinski definition) is 3. The minimum Gasteiger partial charge on any atom is -0.394 e. The normalized spacial score (nSPS) is 21.4. The standard InChI is InChI=1S/C12H23NO3/c1-13-12(16)11(7-10(15)8-14)9-5-3-2-4-6-9/h9-11,14-15H,2-8H2,1H3,(H,13,16). The SMILES string of the molecule is CNC(=O)C(CC(O)CO)C1CCCCC1. The van der Waals surface area contributed by atoms with Crippen LogP contribution in [0.15, 0.2) is 0 Å². The Morgan fingerprint density at radius 1 is 1.38 bits per heavy atom. The highest BCUT2D eigenvalue weighted by atomic mass is 16.3. The van der Waals surface area contributed by atoms with Gasteiger partial charge in [-0.05, 0) is 25.2 Å². The van der Waals surface area contributed by atoms with Gasteiger partial charge in [0.1, 0.15) is 0 Å². The van der Waals surface area contributed by atoms with Crippen LogP contribution in [0, 0.1) is 11.8 Å². The van der Waals surface area contributed by atoms with E-state index in [9.17, 15) is 9.90 Å². The van der Waals surface area contributed by atoms with Crippen LogP contribution in [-0.4, -0.2) is 35.9 Å². The van der Waals surface area contributed by atoms with Crippen LogP contribution in [0.4, 0.5) is 0 Å². The highest BCUT2D eigenvalue weighted by molar-refractivity contribution is 5.78. The second-order valence-corrected chi connectivity index (χ2v) is 4.69. The molecule has 0 aliphatic heterocycles. The molecule has 0 aromatic carbocycles. The molecule has 0 spiro atoms. The molecule has 1 aliphatic rings. The van der Waals surface area contributed by atoms with Gasteiger partial charge >= 0.3 is 0 Å². The summed E-state index contributed by atoms with van der Waals surface area (Å²) in [6, 6.07) is 0. The van der Waals surface area contributed by atoms with E-state index in [2.05, 4.69) is 5.32 Å². The third kappa shape index (κ3) is 3.76. The largest absolute Gasteiger partial charge is 0.394 e. The van der Waals surface area contributed by atoms with Gasteiger partial charge in [0.05, 0.1) is 12.7 Å². The van der Waals surface area contributed by atoms with Gasteiger partial charge in [0.25, 0.3) is 0 Å². The minimum atomic E-state index is -0.774. The predicted molar refractivity (Wildman–Crippen MR) is 61.8 cm³/mol. The molecule has 0 saturated heterocycles. The Balaban J connectivity index is 2.58. The van der Waals surface area contributed by atoms with Crippen LogP contribution in [0.2, 0.25) is 0 Å². The van der Waals surface area contributed by atoms with Crippen molar-refractivity contribution in [1.29, 1.82) is 0 Å². The maximum atomic E-state index is 11.8. The van der Waals surface area contributed by atoms with Gasteiger partial charge in [0.15, 0.2) is 0 Å². The maximum absolute atomic E-state index is 11.8. The fraction of sp³-hybridized carbons (Fsp3) is 0.917. The van der Waals surface area contributed by atoms with Crippen LogP contribution in [-0.2, 0) is 4.79 Å². The van der Waals surface area contributed by atoms with Crippen molar-refractivity contribution in [3.05, 3.63) is 0 Å². The summed E-state index contributed by atoms with van der Waals surface area (Å²) in [7, 11) is 1.63. The zero-order valence-corrected chi connectivity index (χ0v) is 9.98. The van der Waals surface area contributed by atoms with Crippen molar-refractivity contribution >= 4 is 5.91 Å². The number of hydrogen-bond donors (Lipinski definition) is 3. The molecule has 0 aromatic heterocycles. The van der Waals surface area contributed by atoms with Crippen molar-refractivity contribution in [2.45, 2.75) is 44.6 Å². The molecule has 1 aliphatic carbocycles. The van der Waals surface area contributed by atoms with Gasteiger partial charge in [0.2, 0.25) is 5.91 Å². The first kappa shape index (κ1) is 13.5. The van der Waals surface area contributed by atoms with Crippen molar-refractivity contribution in [3.8, 4) is 0 Å². The molecular formula is C12H23NO3. The summed E-state index contributed by atoms with van der Waals surface area (Å²) in [5, 5.41) is 21.0. The summed E-state index contributed by atoms with van der Waals surface area (Å²) in [5.41, 5.74) is 0. The number of carbonyl (C=O) groups is 1. The van der Waals surface area contributed by atoms with Crippen LogP contribution in [0.3, 0.4) is 0 Å². The molecule has 94 valence electrons. The number of amides is 1. The lowest BCUT2D eigenvalue weighted by molar-refractivity contribution is -0.128. The number of carbonyl (C=O) groups excluding carboxylic acids is 1. The Morgan fingerprint density at radius 3 is 2.50 bits per heavy atom. The molecule has 1 rings (SSSR count). The van der Waals surface area contributed by atoms with Crippen molar-refractivity contribution < 1.29 is 15.0 Å². The molecule has 1 fully saturated rings. The molecule has 0 radical (unpaired) electrons. The molecule has 1 saturated carbocycles. The fourth-order valence-electron chi connectivity index (χ4n) is 2.60. The molecular weight excluding hydrogens is 206 g/mol. The maximum Gasteiger partial charge on any atom is 0.223 e. The van der Waals surface area contributed by atoms with Crippen LogP contribution < -0.4 is 5.32 Å². The van der Waals surface area contributed by atoms with Gasteiger partial charge in [-0.1, -0.05) is 19.3 Å². The molecule has 4 nitrogen and oxygen atoms in total. The highest BCUT2D eigenvalue weighted by Gasteiger charge is 2.30. The lowest BCUT2D eigenvalue weighted by Crippen LogP contribution is -2.36. The van der Waals surface area contributed by atoms with E-state index >= 15 is 0 Å². The van der Waals surface area contributed by atoms with Crippen molar-refractivity contribution in [2.24, 2.45) is 11.8 Å². The van der Waals surface area contributed by atoms with Gasteiger partial charge < -0.3 is 15.5 Å². The lowest BCUT2D eigenvalue weighted by atomic mass is 9.77. The minimum absolute atomic E-state index is 0.000556. The Hall–Kier alpha value is -0.610. The summed E-state index contributed by atoms with van der Waals surface area (Å²) in [6.07, 6.45) is 5.33. The van der Waals surface area contributed by atoms with E-state index in [4.69, 9.17) is 5.11 Å². The Labute approximate surface area is 97.0 Å². The highest BCUT2D eigenvalue weighted by Crippen LogP contribution is 2.32. The number of rotatable bonds is 5. The van der Waals surface area contributed by atoms with Crippen molar-refractivity contribution in [2.75, 3.05) is 13.7 Å². The quantitative estimate of drug-likeness (QED) is 0.649. The average Bonchev–Trinajstić information content (AvgIpc) is 2.35. The summed E-state index contributed by atoms with van der Waals surface area (Å²) in [5.74, 6) is 0.224. The Morgan fingerprint density at radius 2 is 2.00 bits per heavy atom. The molecule has 3 N–H and O–H groups in total. The van der Waals surface area contributed by atoms with Crippen LogP contribution >= 0.6 is 0 Å². The predicted octanol–water partition coefficient (Wildman–Crippen LogP) is 0.672.